The van der Waals surface area contributed by atoms with E-state index in [9.17, 15) is 32.8 Å². The van der Waals surface area contributed by atoms with Crippen LogP contribution in [0.3, 0.4) is 0 Å². The van der Waals surface area contributed by atoms with Gasteiger partial charge >= 0.3 is 5.97 Å². The third-order valence-corrected chi connectivity index (χ3v) is 10.1. The summed E-state index contributed by atoms with van der Waals surface area (Å²) in [4.78, 5) is 66.2. The fraction of sp³-hybridized carbons (Fsp3) is 0.630. The second kappa shape index (κ2) is 27.6. The predicted octanol–water partition coefficient (Wildman–Crippen LogP) is 9.46. The van der Waals surface area contributed by atoms with Crippen molar-refractivity contribution in [2.45, 2.75) is 175 Å². The number of hydrogen-bond donors (Lipinski definition) is 2. The molecule has 0 aliphatic heterocycles. The zero-order valence-electron chi connectivity index (χ0n) is 35.1. The van der Waals surface area contributed by atoms with Crippen LogP contribution in [0.1, 0.15) is 155 Å². The number of nitrogens with one attached hydrogen (secondary N) is 2. The number of unbranched alkanes of at least 4 members (excludes halogenated alkanes) is 6. The summed E-state index contributed by atoms with van der Waals surface area (Å²) in [5, 5.41) is 5.81. The molecule has 2 aromatic rings. The Labute approximate surface area is 339 Å². The Bertz CT molecular complexity index is 1520. The Kier molecular flexibility index (Phi) is 23.8. The number of halogens is 2. The highest BCUT2D eigenvalue weighted by atomic mass is 19.1. The number of Topliss-reactive ketones (excluding diaryl/α,β-unsaturated/α-hetero) is 2. The molecule has 3 atom stereocenters. The van der Waals surface area contributed by atoms with Gasteiger partial charge in [0.05, 0.1) is 19.3 Å². The molecule has 57 heavy (non-hydrogen) atoms. The minimum atomic E-state index is -1.26. The number of esters is 1. The van der Waals surface area contributed by atoms with Crippen molar-refractivity contribution in [3.05, 3.63) is 71.3 Å². The normalized spacial score (nSPS) is 13.0. The first-order valence-electron chi connectivity index (χ1n) is 21.1. The third kappa shape index (κ3) is 21.4. The molecule has 0 aliphatic rings. The topological polar surface area (TPSA) is 128 Å². The summed E-state index contributed by atoms with van der Waals surface area (Å²) in [5.74, 6) is -2.69. The van der Waals surface area contributed by atoms with E-state index in [2.05, 4.69) is 10.6 Å². The van der Waals surface area contributed by atoms with Crippen LogP contribution in [0.15, 0.2) is 48.5 Å². The van der Waals surface area contributed by atoms with E-state index in [4.69, 9.17) is 9.47 Å². The summed E-state index contributed by atoms with van der Waals surface area (Å²) in [7, 11) is 0. The van der Waals surface area contributed by atoms with Crippen molar-refractivity contribution in [2.24, 2.45) is 5.41 Å². The van der Waals surface area contributed by atoms with Crippen LogP contribution >= 0.6 is 0 Å². The Morgan fingerprint density at radius 3 is 1.95 bits per heavy atom. The van der Waals surface area contributed by atoms with Gasteiger partial charge in [-0.3, -0.25) is 24.0 Å². The van der Waals surface area contributed by atoms with E-state index in [-0.39, 0.29) is 87.1 Å². The fourth-order valence-corrected chi connectivity index (χ4v) is 6.55. The van der Waals surface area contributed by atoms with Crippen molar-refractivity contribution in [1.82, 2.24) is 10.6 Å². The number of ether oxygens (including phenoxy) is 2. The van der Waals surface area contributed by atoms with Crippen molar-refractivity contribution in [1.29, 1.82) is 0 Å². The minimum Gasteiger partial charge on any atom is -0.452 e. The van der Waals surface area contributed by atoms with Crippen LogP contribution in [-0.2, 0) is 46.5 Å². The van der Waals surface area contributed by atoms with Crippen molar-refractivity contribution in [3.8, 4) is 0 Å². The van der Waals surface area contributed by atoms with Gasteiger partial charge in [0.15, 0.2) is 11.9 Å². The lowest BCUT2D eigenvalue weighted by molar-refractivity contribution is -0.159. The van der Waals surface area contributed by atoms with Gasteiger partial charge in [-0.1, -0.05) is 103 Å². The first kappa shape index (κ1) is 49.2. The molecule has 11 heteroatoms. The van der Waals surface area contributed by atoms with Crippen LogP contribution in [0.2, 0.25) is 0 Å². The molecular weight excluding hydrogens is 731 g/mol. The van der Waals surface area contributed by atoms with E-state index in [0.29, 0.717) is 32.1 Å². The van der Waals surface area contributed by atoms with Gasteiger partial charge in [0, 0.05) is 44.6 Å². The van der Waals surface area contributed by atoms with E-state index in [0.717, 1.165) is 62.3 Å². The van der Waals surface area contributed by atoms with Gasteiger partial charge in [-0.05, 0) is 73.3 Å². The van der Waals surface area contributed by atoms with Gasteiger partial charge < -0.3 is 20.1 Å². The molecule has 0 saturated carbocycles. The van der Waals surface area contributed by atoms with Crippen LogP contribution < -0.4 is 10.6 Å². The van der Waals surface area contributed by atoms with Gasteiger partial charge in [-0.15, -0.1) is 0 Å². The monoisotopic (exact) mass is 798 g/mol. The Balaban J connectivity index is 2.16. The van der Waals surface area contributed by atoms with Crippen LogP contribution in [0.4, 0.5) is 8.78 Å². The number of rotatable bonds is 31. The van der Waals surface area contributed by atoms with Crippen molar-refractivity contribution >= 4 is 29.4 Å². The summed E-state index contributed by atoms with van der Waals surface area (Å²) in [5.41, 5.74) is 0.516. The molecule has 2 N–H and O–H groups in total. The largest absolute Gasteiger partial charge is 0.452 e. The Morgan fingerprint density at radius 2 is 1.32 bits per heavy atom. The summed E-state index contributed by atoms with van der Waals surface area (Å²) >= 11 is 0. The second-order valence-corrected chi connectivity index (χ2v) is 16.0. The highest BCUT2D eigenvalue weighted by Gasteiger charge is 2.34. The standard InChI is InChI=1S/C46H68F2N2O7/c1-6-9-13-20-42(53)49-37(30-35-29-36(47)23-24-39(35)48)31-38(51)25-27-46(4,5)28-26-41(52)45(57-44(55)22-15-11-8-3)40(50-43(54)21-14-10-7-2)33-56-32-34-18-16-12-17-19-34/h12,16-19,23-24,29,37,40,45H,6-11,13-15,20-22,25-28,30-33H2,1-5H3,(H,49,53)(H,50,54)/t37?,40-,45+/m1/s1. The first-order chi connectivity index (χ1) is 27.3. The lowest BCUT2D eigenvalue weighted by Gasteiger charge is -2.29. The van der Waals surface area contributed by atoms with Gasteiger partial charge in [0.25, 0.3) is 0 Å². The van der Waals surface area contributed by atoms with Gasteiger partial charge in [0.1, 0.15) is 17.4 Å². The van der Waals surface area contributed by atoms with E-state index in [1.807, 2.05) is 65.0 Å². The minimum absolute atomic E-state index is 0.0311. The molecule has 0 aliphatic carbocycles. The summed E-state index contributed by atoms with van der Waals surface area (Å²) in [6, 6.07) is 11.1. The molecular formula is C46H68F2N2O7. The maximum Gasteiger partial charge on any atom is 0.306 e. The van der Waals surface area contributed by atoms with Gasteiger partial charge in [-0.25, -0.2) is 8.78 Å². The predicted molar refractivity (Wildman–Crippen MR) is 219 cm³/mol. The number of ketones is 2. The van der Waals surface area contributed by atoms with E-state index in [1.54, 1.807) is 0 Å². The smallest absolute Gasteiger partial charge is 0.306 e. The highest BCUT2D eigenvalue weighted by Crippen LogP contribution is 2.30. The molecule has 1 unspecified atom stereocenters. The van der Waals surface area contributed by atoms with Crippen LogP contribution in [0, 0.1) is 17.0 Å². The zero-order valence-corrected chi connectivity index (χ0v) is 35.1. The molecule has 0 bridgehead atoms. The van der Waals surface area contributed by atoms with Crippen LogP contribution in [0.25, 0.3) is 0 Å². The van der Waals surface area contributed by atoms with E-state index in [1.165, 1.54) is 0 Å². The first-order valence-corrected chi connectivity index (χ1v) is 21.1. The lowest BCUT2D eigenvalue weighted by atomic mass is 9.80. The number of amides is 2. The van der Waals surface area contributed by atoms with Gasteiger partial charge in [0.2, 0.25) is 11.8 Å². The SMILES string of the molecule is CCCCCC(=O)NC(CC(=O)CCC(C)(C)CCC(=O)[C@@H](OC(=O)CCCCC)[C@@H](COCc1ccccc1)NC(=O)CCCCC)Cc1cc(F)ccc1F. The molecule has 0 fully saturated rings. The molecule has 2 rings (SSSR count). The zero-order chi connectivity index (χ0) is 42.1. The molecule has 318 valence electrons. The number of carbonyl (C=O) groups excluding carboxylic acids is 5. The molecule has 2 aromatic carbocycles. The second-order valence-electron chi connectivity index (χ2n) is 16.0. The molecule has 2 amide bonds. The molecule has 0 saturated heterocycles. The average Bonchev–Trinajstić information content (AvgIpc) is 3.17. The van der Waals surface area contributed by atoms with E-state index < -0.39 is 41.2 Å². The maximum atomic E-state index is 14.6. The quantitative estimate of drug-likeness (QED) is 0.0575. The maximum absolute atomic E-state index is 14.6. The van der Waals surface area contributed by atoms with Crippen molar-refractivity contribution in [2.75, 3.05) is 6.61 Å². The van der Waals surface area contributed by atoms with Crippen molar-refractivity contribution < 1.29 is 42.2 Å². The average molecular weight is 799 g/mol. The molecule has 9 nitrogen and oxygen atoms in total. The molecule has 0 heterocycles. The van der Waals surface area contributed by atoms with Crippen molar-refractivity contribution in [3.63, 3.8) is 0 Å². The lowest BCUT2D eigenvalue weighted by Crippen LogP contribution is -2.51. The Morgan fingerprint density at radius 1 is 0.719 bits per heavy atom. The highest BCUT2D eigenvalue weighted by molar-refractivity contribution is 5.87. The Hall–Kier alpha value is -3.99. The van der Waals surface area contributed by atoms with E-state index >= 15 is 0 Å². The van der Waals surface area contributed by atoms with Crippen LogP contribution in [-0.4, -0.2) is 54.1 Å². The summed E-state index contributed by atoms with van der Waals surface area (Å²) in [6.45, 7) is 10.2. The third-order valence-electron chi connectivity index (χ3n) is 10.1. The van der Waals surface area contributed by atoms with Gasteiger partial charge in [-0.2, -0.15) is 0 Å². The molecule has 0 spiro atoms. The molecule has 0 aromatic heterocycles. The summed E-state index contributed by atoms with van der Waals surface area (Å²) in [6.07, 6.45) is 7.74. The summed E-state index contributed by atoms with van der Waals surface area (Å²) < 4.78 is 40.4. The number of benzene rings is 2. The number of carbonyl (C=O) groups is 5. The fourth-order valence-electron chi connectivity index (χ4n) is 6.55. The number of hydrogen-bond acceptors (Lipinski definition) is 7. The molecule has 0 radical (unpaired) electrons. The van der Waals surface area contributed by atoms with Crippen LogP contribution in [0.5, 0.6) is 0 Å².